The van der Waals surface area contributed by atoms with E-state index >= 15 is 0 Å². The highest BCUT2D eigenvalue weighted by Crippen LogP contribution is 2.33. The van der Waals surface area contributed by atoms with Crippen molar-refractivity contribution in [3.05, 3.63) is 0 Å². The SMILES string of the molecule is CCC1CCC(C(N)CCCC(C)C)CC1. The van der Waals surface area contributed by atoms with E-state index in [4.69, 9.17) is 5.73 Å². The number of rotatable bonds is 6. The summed E-state index contributed by atoms with van der Waals surface area (Å²) in [7, 11) is 0. The first-order chi connectivity index (χ1) is 7.63. The second-order valence-electron chi connectivity index (χ2n) is 6.18. The van der Waals surface area contributed by atoms with Crippen molar-refractivity contribution in [2.75, 3.05) is 0 Å². The predicted octanol–water partition coefficient (Wildman–Crippen LogP) is 4.36. The van der Waals surface area contributed by atoms with E-state index in [-0.39, 0.29) is 0 Å². The van der Waals surface area contributed by atoms with Gasteiger partial charge in [0.2, 0.25) is 0 Å². The van der Waals surface area contributed by atoms with Crippen LogP contribution in [0.15, 0.2) is 0 Å². The fourth-order valence-corrected chi connectivity index (χ4v) is 3.02. The first-order valence-corrected chi connectivity index (χ1v) is 7.39. The molecule has 1 heteroatoms. The second-order valence-corrected chi connectivity index (χ2v) is 6.18. The van der Waals surface area contributed by atoms with E-state index in [0.29, 0.717) is 6.04 Å². The van der Waals surface area contributed by atoms with E-state index in [1.54, 1.807) is 0 Å². The van der Waals surface area contributed by atoms with Crippen LogP contribution < -0.4 is 5.73 Å². The first kappa shape index (κ1) is 14.0. The van der Waals surface area contributed by atoms with Crippen molar-refractivity contribution in [3.8, 4) is 0 Å². The van der Waals surface area contributed by atoms with Crippen LogP contribution in [0.1, 0.15) is 72.1 Å². The fraction of sp³-hybridized carbons (Fsp3) is 1.00. The molecule has 1 aliphatic carbocycles. The molecule has 0 aromatic rings. The van der Waals surface area contributed by atoms with Gasteiger partial charge in [-0.15, -0.1) is 0 Å². The van der Waals surface area contributed by atoms with Gasteiger partial charge < -0.3 is 5.73 Å². The molecule has 1 aliphatic rings. The lowest BCUT2D eigenvalue weighted by molar-refractivity contribution is 0.230. The van der Waals surface area contributed by atoms with E-state index in [9.17, 15) is 0 Å². The molecule has 1 fully saturated rings. The van der Waals surface area contributed by atoms with Gasteiger partial charge in [-0.1, -0.05) is 52.9 Å². The molecule has 0 aromatic carbocycles. The van der Waals surface area contributed by atoms with E-state index in [0.717, 1.165) is 17.8 Å². The molecule has 1 atom stereocenters. The Hall–Kier alpha value is -0.0400. The minimum absolute atomic E-state index is 0.483. The third-order valence-electron chi connectivity index (χ3n) is 4.39. The minimum atomic E-state index is 0.483. The Labute approximate surface area is 102 Å². The van der Waals surface area contributed by atoms with Crippen LogP contribution in [0, 0.1) is 17.8 Å². The van der Waals surface area contributed by atoms with Crippen molar-refractivity contribution in [2.24, 2.45) is 23.5 Å². The summed E-state index contributed by atoms with van der Waals surface area (Å²) in [6.45, 7) is 6.93. The lowest BCUT2D eigenvalue weighted by atomic mass is 9.77. The summed E-state index contributed by atoms with van der Waals surface area (Å²) in [6, 6.07) is 0.483. The van der Waals surface area contributed by atoms with Gasteiger partial charge in [-0.2, -0.15) is 0 Å². The van der Waals surface area contributed by atoms with Crippen molar-refractivity contribution in [1.29, 1.82) is 0 Å². The molecule has 1 nitrogen and oxygen atoms in total. The van der Waals surface area contributed by atoms with Crippen LogP contribution in [0.2, 0.25) is 0 Å². The Morgan fingerprint density at radius 1 is 1.06 bits per heavy atom. The molecule has 16 heavy (non-hydrogen) atoms. The summed E-state index contributed by atoms with van der Waals surface area (Å²) in [6.07, 6.45) is 10.9. The molecule has 0 aliphatic heterocycles. The highest BCUT2D eigenvalue weighted by atomic mass is 14.6. The predicted molar refractivity (Wildman–Crippen MR) is 72.4 cm³/mol. The molecule has 0 amide bonds. The molecule has 0 heterocycles. The Morgan fingerprint density at radius 2 is 1.69 bits per heavy atom. The van der Waals surface area contributed by atoms with Crippen molar-refractivity contribution in [1.82, 2.24) is 0 Å². The van der Waals surface area contributed by atoms with Crippen molar-refractivity contribution >= 4 is 0 Å². The molecule has 0 bridgehead atoms. The minimum Gasteiger partial charge on any atom is -0.327 e. The van der Waals surface area contributed by atoms with Gasteiger partial charge in [0.15, 0.2) is 0 Å². The number of hydrogen-bond donors (Lipinski definition) is 1. The average molecular weight is 225 g/mol. The molecule has 0 spiro atoms. The van der Waals surface area contributed by atoms with Gasteiger partial charge in [-0.05, 0) is 37.0 Å². The quantitative estimate of drug-likeness (QED) is 0.714. The van der Waals surface area contributed by atoms with E-state index < -0.39 is 0 Å². The van der Waals surface area contributed by atoms with E-state index in [1.165, 1.54) is 51.4 Å². The smallest absolute Gasteiger partial charge is 0.00671 e. The molecule has 1 unspecified atom stereocenters. The molecular formula is C15H31N. The zero-order valence-corrected chi connectivity index (χ0v) is 11.5. The Balaban J connectivity index is 2.15. The maximum atomic E-state index is 6.32. The number of hydrogen-bond acceptors (Lipinski definition) is 1. The van der Waals surface area contributed by atoms with E-state index in [1.807, 2.05) is 0 Å². The molecule has 2 N–H and O–H groups in total. The molecule has 1 rings (SSSR count). The van der Waals surface area contributed by atoms with Crippen LogP contribution in [0.3, 0.4) is 0 Å². The zero-order valence-electron chi connectivity index (χ0n) is 11.5. The fourth-order valence-electron chi connectivity index (χ4n) is 3.02. The van der Waals surface area contributed by atoms with Gasteiger partial charge in [-0.25, -0.2) is 0 Å². The zero-order chi connectivity index (χ0) is 12.0. The van der Waals surface area contributed by atoms with Crippen LogP contribution in [-0.2, 0) is 0 Å². The molecule has 96 valence electrons. The molecular weight excluding hydrogens is 194 g/mol. The van der Waals surface area contributed by atoms with Crippen LogP contribution >= 0.6 is 0 Å². The Morgan fingerprint density at radius 3 is 2.19 bits per heavy atom. The topological polar surface area (TPSA) is 26.0 Å². The van der Waals surface area contributed by atoms with Crippen LogP contribution in [0.5, 0.6) is 0 Å². The summed E-state index contributed by atoms with van der Waals surface area (Å²) < 4.78 is 0. The lowest BCUT2D eigenvalue weighted by Crippen LogP contribution is -2.33. The average Bonchev–Trinajstić information content (AvgIpc) is 2.28. The van der Waals surface area contributed by atoms with E-state index in [2.05, 4.69) is 20.8 Å². The molecule has 1 saturated carbocycles. The summed E-state index contributed by atoms with van der Waals surface area (Å²) in [5.41, 5.74) is 6.32. The summed E-state index contributed by atoms with van der Waals surface area (Å²) >= 11 is 0. The van der Waals surface area contributed by atoms with Gasteiger partial charge >= 0.3 is 0 Å². The van der Waals surface area contributed by atoms with Gasteiger partial charge in [-0.3, -0.25) is 0 Å². The number of nitrogens with two attached hydrogens (primary N) is 1. The Bertz CT molecular complexity index is 168. The Kier molecular flexibility index (Phi) is 6.41. The summed E-state index contributed by atoms with van der Waals surface area (Å²) in [5, 5.41) is 0. The standard InChI is InChI=1S/C15H31N/c1-4-13-8-10-14(11-9-13)15(16)7-5-6-12(2)3/h12-15H,4-11,16H2,1-3H3. The monoisotopic (exact) mass is 225 g/mol. The summed E-state index contributed by atoms with van der Waals surface area (Å²) in [4.78, 5) is 0. The van der Waals surface area contributed by atoms with Crippen molar-refractivity contribution in [3.63, 3.8) is 0 Å². The lowest BCUT2D eigenvalue weighted by Gasteiger charge is -2.31. The van der Waals surface area contributed by atoms with Gasteiger partial charge in [0.1, 0.15) is 0 Å². The largest absolute Gasteiger partial charge is 0.327 e. The molecule has 0 radical (unpaired) electrons. The highest BCUT2D eigenvalue weighted by molar-refractivity contribution is 4.79. The van der Waals surface area contributed by atoms with Gasteiger partial charge in [0, 0.05) is 6.04 Å². The second kappa shape index (κ2) is 7.32. The maximum absolute atomic E-state index is 6.32. The summed E-state index contributed by atoms with van der Waals surface area (Å²) in [5.74, 6) is 2.66. The molecule has 0 aromatic heterocycles. The molecule has 0 saturated heterocycles. The van der Waals surface area contributed by atoms with Crippen molar-refractivity contribution in [2.45, 2.75) is 78.2 Å². The van der Waals surface area contributed by atoms with Crippen LogP contribution in [0.4, 0.5) is 0 Å². The third-order valence-corrected chi connectivity index (χ3v) is 4.39. The first-order valence-electron chi connectivity index (χ1n) is 7.39. The van der Waals surface area contributed by atoms with Crippen molar-refractivity contribution < 1.29 is 0 Å². The van der Waals surface area contributed by atoms with Gasteiger partial charge in [0.05, 0.1) is 0 Å². The normalized spacial score (nSPS) is 28.3. The highest BCUT2D eigenvalue weighted by Gasteiger charge is 2.24. The van der Waals surface area contributed by atoms with Crippen LogP contribution in [0.25, 0.3) is 0 Å². The van der Waals surface area contributed by atoms with Crippen LogP contribution in [-0.4, -0.2) is 6.04 Å². The maximum Gasteiger partial charge on any atom is 0.00671 e. The third kappa shape index (κ3) is 4.86. The van der Waals surface area contributed by atoms with Gasteiger partial charge in [0.25, 0.3) is 0 Å².